The number of rotatable bonds is 2. The summed E-state index contributed by atoms with van der Waals surface area (Å²) in [6.07, 6.45) is 9.67. The Bertz CT molecular complexity index is 195. The third-order valence-corrected chi connectivity index (χ3v) is 3.13. The quantitative estimate of drug-likeness (QED) is 0.537. The van der Waals surface area contributed by atoms with E-state index in [4.69, 9.17) is 0 Å². The van der Waals surface area contributed by atoms with Crippen molar-refractivity contribution in [3.8, 4) is 0 Å². The Morgan fingerprint density at radius 3 is 2.07 bits per heavy atom. The SMILES string of the molecule is CCC(CC(C)(C)C)=C1CCCCC1. The van der Waals surface area contributed by atoms with Gasteiger partial charge in [0.05, 0.1) is 0 Å². The highest BCUT2D eigenvalue weighted by atomic mass is 14.2. The molecule has 0 aromatic heterocycles. The minimum Gasteiger partial charge on any atom is -0.0710 e. The predicted octanol–water partition coefficient (Wildman–Crippen LogP) is 5.09. The van der Waals surface area contributed by atoms with E-state index in [2.05, 4.69) is 27.7 Å². The molecular formula is C14H26. The second kappa shape index (κ2) is 5.00. The molecule has 0 aliphatic heterocycles. The molecule has 0 aromatic rings. The molecule has 1 rings (SSSR count). The maximum absolute atomic E-state index is 2.35. The van der Waals surface area contributed by atoms with Crippen LogP contribution in [0.1, 0.15) is 72.6 Å². The van der Waals surface area contributed by atoms with Gasteiger partial charge in [0.2, 0.25) is 0 Å². The van der Waals surface area contributed by atoms with Gasteiger partial charge in [0.15, 0.2) is 0 Å². The molecule has 1 aliphatic rings. The number of hydrogen-bond acceptors (Lipinski definition) is 0. The molecule has 0 saturated heterocycles. The van der Waals surface area contributed by atoms with E-state index in [1.165, 1.54) is 44.9 Å². The summed E-state index contributed by atoms with van der Waals surface area (Å²) in [5, 5.41) is 0. The van der Waals surface area contributed by atoms with Gasteiger partial charge in [-0.15, -0.1) is 0 Å². The van der Waals surface area contributed by atoms with Gasteiger partial charge < -0.3 is 0 Å². The van der Waals surface area contributed by atoms with Crippen molar-refractivity contribution in [1.82, 2.24) is 0 Å². The molecule has 0 radical (unpaired) electrons. The Balaban J connectivity index is 2.67. The molecular weight excluding hydrogens is 168 g/mol. The summed E-state index contributed by atoms with van der Waals surface area (Å²) in [6.45, 7) is 9.38. The third-order valence-electron chi connectivity index (χ3n) is 3.13. The maximum Gasteiger partial charge on any atom is -0.0269 e. The molecule has 0 bridgehead atoms. The van der Waals surface area contributed by atoms with Gasteiger partial charge in [-0.2, -0.15) is 0 Å². The first-order chi connectivity index (χ1) is 6.53. The Labute approximate surface area is 89.8 Å². The van der Waals surface area contributed by atoms with Gasteiger partial charge in [0, 0.05) is 0 Å². The van der Waals surface area contributed by atoms with Crippen molar-refractivity contribution in [2.45, 2.75) is 72.6 Å². The van der Waals surface area contributed by atoms with Crippen molar-refractivity contribution < 1.29 is 0 Å². The summed E-state index contributed by atoms with van der Waals surface area (Å²) >= 11 is 0. The Hall–Kier alpha value is -0.260. The van der Waals surface area contributed by atoms with Gasteiger partial charge in [-0.05, 0) is 43.9 Å². The zero-order chi connectivity index (χ0) is 10.6. The zero-order valence-corrected chi connectivity index (χ0v) is 10.4. The van der Waals surface area contributed by atoms with Crippen molar-refractivity contribution in [1.29, 1.82) is 0 Å². The van der Waals surface area contributed by atoms with Crippen LogP contribution in [0.2, 0.25) is 0 Å². The molecule has 1 fully saturated rings. The number of allylic oxidation sites excluding steroid dienone is 2. The monoisotopic (exact) mass is 194 g/mol. The summed E-state index contributed by atoms with van der Waals surface area (Å²) in [4.78, 5) is 0. The first-order valence-electron chi connectivity index (χ1n) is 6.22. The highest BCUT2D eigenvalue weighted by Crippen LogP contribution is 2.33. The molecule has 14 heavy (non-hydrogen) atoms. The van der Waals surface area contributed by atoms with E-state index in [1.54, 1.807) is 11.1 Å². The molecule has 82 valence electrons. The minimum atomic E-state index is 0.468. The average Bonchev–Trinajstić information content (AvgIpc) is 2.14. The molecule has 0 amide bonds. The fourth-order valence-electron chi connectivity index (χ4n) is 2.47. The lowest BCUT2D eigenvalue weighted by Gasteiger charge is -2.25. The largest absolute Gasteiger partial charge is 0.0710 e. The van der Waals surface area contributed by atoms with Gasteiger partial charge in [-0.25, -0.2) is 0 Å². The van der Waals surface area contributed by atoms with Gasteiger partial charge in [-0.1, -0.05) is 45.3 Å². The van der Waals surface area contributed by atoms with Crippen LogP contribution in [0.25, 0.3) is 0 Å². The van der Waals surface area contributed by atoms with Crippen molar-refractivity contribution in [2.75, 3.05) is 0 Å². The van der Waals surface area contributed by atoms with Crippen molar-refractivity contribution in [3.63, 3.8) is 0 Å². The fraction of sp³-hybridized carbons (Fsp3) is 0.857. The molecule has 0 heteroatoms. The standard InChI is InChI=1S/C14H26/c1-5-12(11-14(2,3)4)13-9-7-6-8-10-13/h5-11H2,1-4H3. The van der Waals surface area contributed by atoms with Gasteiger partial charge in [0.25, 0.3) is 0 Å². The van der Waals surface area contributed by atoms with E-state index in [0.29, 0.717) is 5.41 Å². The molecule has 0 nitrogen and oxygen atoms in total. The Morgan fingerprint density at radius 1 is 1.07 bits per heavy atom. The fourth-order valence-corrected chi connectivity index (χ4v) is 2.47. The first-order valence-corrected chi connectivity index (χ1v) is 6.22. The topological polar surface area (TPSA) is 0 Å². The highest BCUT2D eigenvalue weighted by Gasteiger charge is 2.16. The van der Waals surface area contributed by atoms with E-state index >= 15 is 0 Å². The smallest absolute Gasteiger partial charge is 0.0269 e. The molecule has 0 atom stereocenters. The van der Waals surface area contributed by atoms with E-state index < -0.39 is 0 Å². The summed E-state index contributed by atoms with van der Waals surface area (Å²) in [6, 6.07) is 0. The van der Waals surface area contributed by atoms with Crippen LogP contribution in [-0.4, -0.2) is 0 Å². The summed E-state index contributed by atoms with van der Waals surface area (Å²) in [5.74, 6) is 0. The average molecular weight is 194 g/mol. The van der Waals surface area contributed by atoms with Crippen molar-refractivity contribution in [2.24, 2.45) is 5.41 Å². The second-order valence-electron chi connectivity index (χ2n) is 5.86. The van der Waals surface area contributed by atoms with Crippen LogP contribution in [0, 0.1) is 5.41 Å². The van der Waals surface area contributed by atoms with E-state index in [9.17, 15) is 0 Å². The molecule has 0 aromatic carbocycles. The van der Waals surface area contributed by atoms with Crippen molar-refractivity contribution >= 4 is 0 Å². The van der Waals surface area contributed by atoms with Crippen LogP contribution in [0.4, 0.5) is 0 Å². The summed E-state index contributed by atoms with van der Waals surface area (Å²) < 4.78 is 0. The summed E-state index contributed by atoms with van der Waals surface area (Å²) in [7, 11) is 0. The highest BCUT2D eigenvalue weighted by molar-refractivity contribution is 5.16. The maximum atomic E-state index is 2.35. The predicted molar refractivity (Wildman–Crippen MR) is 64.5 cm³/mol. The van der Waals surface area contributed by atoms with Crippen LogP contribution < -0.4 is 0 Å². The lowest BCUT2D eigenvalue weighted by Crippen LogP contribution is -2.09. The molecule has 0 spiro atoms. The van der Waals surface area contributed by atoms with Crippen LogP contribution in [0.5, 0.6) is 0 Å². The van der Waals surface area contributed by atoms with Gasteiger partial charge in [-0.3, -0.25) is 0 Å². The lowest BCUT2D eigenvalue weighted by atomic mass is 9.81. The lowest BCUT2D eigenvalue weighted by molar-refractivity contribution is 0.400. The second-order valence-corrected chi connectivity index (χ2v) is 5.86. The van der Waals surface area contributed by atoms with Crippen LogP contribution in [-0.2, 0) is 0 Å². The summed E-state index contributed by atoms with van der Waals surface area (Å²) in [5.41, 5.74) is 4.03. The zero-order valence-electron chi connectivity index (χ0n) is 10.4. The number of hydrogen-bond donors (Lipinski definition) is 0. The van der Waals surface area contributed by atoms with Crippen LogP contribution >= 0.6 is 0 Å². The van der Waals surface area contributed by atoms with E-state index in [-0.39, 0.29) is 0 Å². The van der Waals surface area contributed by atoms with Gasteiger partial charge in [0.1, 0.15) is 0 Å². The van der Waals surface area contributed by atoms with E-state index in [1.807, 2.05) is 0 Å². The molecule has 0 N–H and O–H groups in total. The van der Waals surface area contributed by atoms with Crippen LogP contribution in [0.3, 0.4) is 0 Å². The molecule has 0 unspecified atom stereocenters. The minimum absolute atomic E-state index is 0.468. The normalized spacial score (nSPS) is 18.4. The third kappa shape index (κ3) is 3.86. The Kier molecular flexibility index (Phi) is 4.22. The first kappa shape index (κ1) is 11.8. The molecule has 1 aliphatic carbocycles. The molecule has 0 heterocycles. The van der Waals surface area contributed by atoms with Gasteiger partial charge >= 0.3 is 0 Å². The van der Waals surface area contributed by atoms with E-state index in [0.717, 1.165) is 0 Å². The van der Waals surface area contributed by atoms with Crippen LogP contribution in [0.15, 0.2) is 11.1 Å². The van der Waals surface area contributed by atoms with Crippen molar-refractivity contribution in [3.05, 3.63) is 11.1 Å². The Morgan fingerprint density at radius 2 is 1.64 bits per heavy atom. The molecule has 1 saturated carbocycles.